The van der Waals surface area contributed by atoms with Crippen molar-refractivity contribution in [2.24, 2.45) is 0 Å². The lowest BCUT2D eigenvalue weighted by Gasteiger charge is -2.32. The maximum atomic E-state index is 15.1. The maximum absolute atomic E-state index is 15.1. The maximum Gasteiger partial charge on any atom is 0.264 e. The van der Waals surface area contributed by atoms with E-state index in [1.54, 1.807) is 62.5 Å². The smallest absolute Gasteiger partial charge is 0.264 e. The minimum absolute atomic E-state index is 0.152. The first-order valence-corrected chi connectivity index (χ1v) is 15.1. The number of sulfonamides is 1. The van der Waals surface area contributed by atoms with Gasteiger partial charge in [-0.05, 0) is 80.1 Å². The molecule has 0 aliphatic carbocycles. The molecule has 0 spiro atoms. The van der Waals surface area contributed by atoms with Gasteiger partial charge in [-0.2, -0.15) is 5.26 Å². The van der Waals surface area contributed by atoms with E-state index in [0.29, 0.717) is 40.4 Å². The zero-order valence-corrected chi connectivity index (χ0v) is 24.9. The van der Waals surface area contributed by atoms with E-state index in [1.165, 1.54) is 29.2 Å². The summed E-state index contributed by atoms with van der Waals surface area (Å²) >= 11 is 5.96. The molecule has 1 atom stereocenters. The molecule has 222 valence electrons. The van der Waals surface area contributed by atoms with Gasteiger partial charge in [-0.3, -0.25) is 9.10 Å². The van der Waals surface area contributed by atoms with Crippen molar-refractivity contribution < 1.29 is 26.7 Å². The molecule has 0 radical (unpaired) electrons. The van der Waals surface area contributed by atoms with E-state index < -0.39 is 33.4 Å². The molecule has 4 aromatic carbocycles. The van der Waals surface area contributed by atoms with Crippen LogP contribution in [0.1, 0.15) is 40.9 Å². The lowest BCUT2D eigenvalue weighted by atomic mass is 10.1. The molecule has 1 unspecified atom stereocenters. The van der Waals surface area contributed by atoms with Gasteiger partial charge in [0.1, 0.15) is 17.4 Å². The number of hydrogen-bond acceptors (Lipinski definition) is 5. The fourth-order valence-corrected chi connectivity index (χ4v) is 6.26. The van der Waals surface area contributed by atoms with E-state index in [0.717, 1.165) is 22.5 Å². The van der Waals surface area contributed by atoms with Crippen LogP contribution in [0.25, 0.3) is 0 Å². The first kappa shape index (κ1) is 31.5. The molecular weight excluding hydrogens is 596 g/mol. The minimum Gasteiger partial charge on any atom is -0.493 e. The van der Waals surface area contributed by atoms with Crippen LogP contribution in [0.15, 0.2) is 95.9 Å². The number of rotatable bonds is 11. The van der Waals surface area contributed by atoms with Gasteiger partial charge in [-0.1, -0.05) is 29.8 Å². The Morgan fingerprint density at radius 2 is 1.67 bits per heavy atom. The van der Waals surface area contributed by atoms with Gasteiger partial charge in [-0.25, -0.2) is 17.2 Å². The van der Waals surface area contributed by atoms with Crippen LogP contribution < -0.4 is 9.04 Å². The normalized spacial score (nSPS) is 11.8. The molecule has 0 fully saturated rings. The van der Waals surface area contributed by atoms with Crippen LogP contribution >= 0.6 is 11.6 Å². The molecule has 0 saturated carbocycles. The van der Waals surface area contributed by atoms with Crippen LogP contribution in [0.5, 0.6) is 5.75 Å². The molecule has 0 saturated heterocycles. The number of amides is 1. The van der Waals surface area contributed by atoms with Crippen molar-refractivity contribution in [3.05, 3.63) is 124 Å². The molecule has 0 aromatic heterocycles. The molecular formula is C32H28ClF2N3O4S. The Kier molecular flexibility index (Phi) is 10.0. The largest absolute Gasteiger partial charge is 0.493 e. The predicted molar refractivity (Wildman–Crippen MR) is 161 cm³/mol. The Morgan fingerprint density at radius 3 is 2.35 bits per heavy atom. The Labute approximate surface area is 254 Å². The second kappa shape index (κ2) is 13.7. The van der Waals surface area contributed by atoms with Crippen molar-refractivity contribution in [2.45, 2.75) is 24.3 Å². The molecule has 0 aliphatic rings. The fraction of sp³-hybridized carbons (Fsp3) is 0.188. The van der Waals surface area contributed by atoms with Crippen molar-refractivity contribution in [1.29, 1.82) is 5.26 Å². The van der Waals surface area contributed by atoms with Gasteiger partial charge in [0.25, 0.3) is 15.9 Å². The third-order valence-corrected chi connectivity index (χ3v) is 8.89. The first-order valence-electron chi connectivity index (χ1n) is 13.3. The number of benzene rings is 4. The number of anilines is 1. The molecule has 0 heterocycles. The summed E-state index contributed by atoms with van der Waals surface area (Å²) in [6.45, 7) is 2.11. The number of hydrogen-bond donors (Lipinski definition) is 0. The van der Waals surface area contributed by atoms with E-state index in [4.69, 9.17) is 21.6 Å². The Morgan fingerprint density at radius 1 is 1.00 bits per heavy atom. The molecule has 4 aromatic rings. The Balaban J connectivity index is 1.55. The molecule has 43 heavy (non-hydrogen) atoms. The van der Waals surface area contributed by atoms with Gasteiger partial charge < -0.3 is 9.64 Å². The highest BCUT2D eigenvalue weighted by molar-refractivity contribution is 7.92. The summed E-state index contributed by atoms with van der Waals surface area (Å²) in [6, 6.07) is 22.1. The van der Waals surface area contributed by atoms with Crippen LogP contribution in [0, 0.1) is 23.0 Å². The molecule has 11 heteroatoms. The van der Waals surface area contributed by atoms with E-state index in [-0.39, 0.29) is 17.4 Å². The predicted octanol–water partition coefficient (Wildman–Crippen LogP) is 6.99. The number of carbonyl (C=O) groups is 1. The van der Waals surface area contributed by atoms with Gasteiger partial charge in [0.05, 0.1) is 34.9 Å². The van der Waals surface area contributed by atoms with E-state index >= 15 is 4.39 Å². The van der Waals surface area contributed by atoms with Crippen LogP contribution in [0.3, 0.4) is 0 Å². The van der Waals surface area contributed by atoms with Crippen molar-refractivity contribution in [3.63, 3.8) is 0 Å². The SMILES string of the molecule is CC(c1ccccc1OCCCN(C)C(=O)c1ccc(C#N)cc1)N(c1cc(F)ccc1F)S(=O)(=O)c1ccc(Cl)cc1. The minimum atomic E-state index is -4.40. The topological polar surface area (TPSA) is 90.7 Å². The summed E-state index contributed by atoms with van der Waals surface area (Å²) in [5.41, 5.74) is 0.874. The zero-order chi connectivity index (χ0) is 31.1. The summed E-state index contributed by atoms with van der Waals surface area (Å²) in [5.74, 6) is -1.58. The van der Waals surface area contributed by atoms with E-state index in [9.17, 15) is 17.6 Å². The second-order valence-electron chi connectivity index (χ2n) is 9.68. The van der Waals surface area contributed by atoms with Gasteiger partial charge in [0.15, 0.2) is 0 Å². The average Bonchev–Trinajstić information content (AvgIpc) is 3.01. The molecule has 1 amide bonds. The summed E-state index contributed by atoms with van der Waals surface area (Å²) in [6.07, 6.45) is 0.451. The monoisotopic (exact) mass is 623 g/mol. The fourth-order valence-electron chi connectivity index (χ4n) is 4.50. The van der Waals surface area contributed by atoms with Crippen molar-refractivity contribution in [1.82, 2.24) is 4.90 Å². The zero-order valence-electron chi connectivity index (χ0n) is 23.4. The number of ether oxygens (including phenoxy) is 1. The van der Waals surface area contributed by atoms with Crippen LogP contribution in [-0.4, -0.2) is 39.4 Å². The van der Waals surface area contributed by atoms with Gasteiger partial charge in [-0.15, -0.1) is 0 Å². The second-order valence-corrected chi connectivity index (χ2v) is 11.9. The van der Waals surface area contributed by atoms with Crippen LogP contribution in [-0.2, 0) is 10.0 Å². The molecule has 0 N–H and O–H groups in total. The molecule has 7 nitrogen and oxygen atoms in total. The lowest BCUT2D eigenvalue weighted by Crippen LogP contribution is -2.34. The molecule has 4 rings (SSSR count). The first-order chi connectivity index (χ1) is 20.5. The van der Waals surface area contributed by atoms with Crippen molar-refractivity contribution in [2.75, 3.05) is 24.5 Å². The number of nitrogens with zero attached hydrogens (tertiary/aromatic N) is 3. The van der Waals surface area contributed by atoms with Gasteiger partial charge >= 0.3 is 0 Å². The average molecular weight is 624 g/mol. The van der Waals surface area contributed by atoms with Crippen molar-refractivity contribution in [3.8, 4) is 11.8 Å². The van der Waals surface area contributed by atoms with E-state index in [1.807, 2.05) is 6.07 Å². The summed E-state index contributed by atoms with van der Waals surface area (Å²) in [4.78, 5) is 14.1. The highest BCUT2D eigenvalue weighted by Gasteiger charge is 2.34. The Hall–Kier alpha value is -4.46. The van der Waals surface area contributed by atoms with E-state index in [2.05, 4.69) is 0 Å². The standard InChI is InChI=1S/C32H28ClF2N3O4S/c1-22(38(30-20-26(34)14-17-29(30)35)43(40,41)27-15-12-25(33)13-16-27)28-6-3-4-7-31(28)42-19-5-18-37(2)32(39)24-10-8-23(21-36)9-11-24/h3-4,6-17,20,22H,5,18-19H2,1-2H3. The Bertz CT molecular complexity index is 1740. The van der Waals surface area contributed by atoms with Gasteiger partial charge in [0.2, 0.25) is 0 Å². The number of carbonyl (C=O) groups excluding carboxylic acids is 1. The van der Waals surface area contributed by atoms with Crippen molar-refractivity contribution >= 4 is 33.2 Å². The molecule has 0 bridgehead atoms. The van der Waals surface area contributed by atoms with Crippen LogP contribution in [0.2, 0.25) is 5.02 Å². The van der Waals surface area contributed by atoms with Crippen LogP contribution in [0.4, 0.5) is 14.5 Å². The quantitative estimate of drug-likeness (QED) is 0.168. The van der Waals surface area contributed by atoms with Gasteiger partial charge in [0, 0.05) is 35.8 Å². The third kappa shape index (κ3) is 7.31. The number of halogens is 3. The highest BCUT2D eigenvalue weighted by atomic mass is 35.5. The number of nitriles is 1. The summed E-state index contributed by atoms with van der Waals surface area (Å²) in [5, 5.41) is 9.27. The molecule has 0 aliphatic heterocycles. The summed E-state index contributed by atoms with van der Waals surface area (Å²) < 4.78 is 64.0. The summed E-state index contributed by atoms with van der Waals surface area (Å²) in [7, 11) is -2.74. The highest BCUT2D eigenvalue weighted by Crippen LogP contribution is 2.38. The number of para-hydroxylation sites is 1. The third-order valence-electron chi connectivity index (χ3n) is 6.74. The lowest BCUT2D eigenvalue weighted by molar-refractivity contribution is 0.0787.